The van der Waals surface area contributed by atoms with Gasteiger partial charge in [0.05, 0.1) is 18.1 Å². The summed E-state index contributed by atoms with van der Waals surface area (Å²) in [7, 11) is 0. The van der Waals surface area contributed by atoms with Gasteiger partial charge in [0.15, 0.2) is 0 Å². The Morgan fingerprint density at radius 3 is 2.29 bits per heavy atom. The van der Waals surface area contributed by atoms with Gasteiger partial charge in [-0.05, 0) is 59.9 Å². The Labute approximate surface area is 188 Å². The predicted octanol–water partition coefficient (Wildman–Crippen LogP) is 4.42. The highest BCUT2D eigenvalue weighted by Crippen LogP contribution is 2.65. The lowest BCUT2D eigenvalue weighted by atomic mass is 9.63. The molecule has 5 aliphatic rings. The van der Waals surface area contributed by atoms with Gasteiger partial charge in [0.2, 0.25) is 0 Å². The highest BCUT2D eigenvalue weighted by Gasteiger charge is 2.67. The minimum Gasteiger partial charge on any atom is -0.488 e. The number of rotatable bonds is 5. The second-order valence-corrected chi connectivity index (χ2v) is 9.76. The minimum atomic E-state index is -0.229. The topological polar surface area (TPSA) is 59.0 Å². The molecule has 4 aliphatic carbocycles. The van der Waals surface area contributed by atoms with Crippen LogP contribution in [0.2, 0.25) is 0 Å². The Bertz CT molecular complexity index is 1090. The highest BCUT2D eigenvalue weighted by atomic mass is 79.9. The van der Waals surface area contributed by atoms with Crippen LogP contribution in [0.1, 0.15) is 17.5 Å². The summed E-state index contributed by atoms with van der Waals surface area (Å²) in [6, 6.07) is 15.5. The molecule has 2 bridgehead atoms. The standard InChI is InChI=1S/C25H21BrN2O3/c26-16-7-5-14(6-8-16)13-31-21-4-2-1-3-15(21)12-27-28-24(29)22-17-9-10-18(20-11-19(17)20)23(22)25(28)30/h1-10,12,17-20,22-23H,11,13H2/b27-12-/t17-,18-,19-,20+,22+,23-/m1/s1. The second-order valence-electron chi connectivity index (χ2n) is 8.84. The number of hydrazone groups is 1. The number of amides is 2. The van der Waals surface area contributed by atoms with E-state index < -0.39 is 0 Å². The van der Waals surface area contributed by atoms with Crippen molar-refractivity contribution in [2.75, 3.05) is 0 Å². The van der Waals surface area contributed by atoms with Crippen molar-refractivity contribution in [3.8, 4) is 5.75 Å². The van der Waals surface area contributed by atoms with Crippen molar-refractivity contribution in [1.29, 1.82) is 0 Å². The van der Waals surface area contributed by atoms with Crippen molar-refractivity contribution in [1.82, 2.24) is 5.01 Å². The maximum Gasteiger partial charge on any atom is 0.254 e. The van der Waals surface area contributed by atoms with Crippen molar-refractivity contribution in [2.24, 2.45) is 40.6 Å². The van der Waals surface area contributed by atoms with E-state index in [1.54, 1.807) is 6.21 Å². The summed E-state index contributed by atoms with van der Waals surface area (Å²) in [5.41, 5.74) is 1.78. The molecule has 6 heteroatoms. The Hall–Kier alpha value is -2.73. The van der Waals surface area contributed by atoms with Gasteiger partial charge < -0.3 is 4.74 Å². The number of imide groups is 1. The van der Waals surface area contributed by atoms with Gasteiger partial charge in [-0.3, -0.25) is 9.59 Å². The molecule has 3 fully saturated rings. The lowest BCUT2D eigenvalue weighted by Gasteiger charge is -2.37. The van der Waals surface area contributed by atoms with Gasteiger partial charge >= 0.3 is 0 Å². The number of carbonyl (C=O) groups excluding carboxylic acids is 2. The Morgan fingerprint density at radius 1 is 0.968 bits per heavy atom. The average Bonchev–Trinajstić information content (AvgIpc) is 3.57. The number of benzene rings is 2. The summed E-state index contributed by atoms with van der Waals surface area (Å²) in [6.45, 7) is 0.418. The molecule has 2 saturated carbocycles. The van der Waals surface area contributed by atoms with Gasteiger partial charge in [0.1, 0.15) is 12.4 Å². The smallest absolute Gasteiger partial charge is 0.254 e. The molecule has 0 aromatic heterocycles. The molecular formula is C25H21BrN2O3. The number of ether oxygens (including phenoxy) is 1. The van der Waals surface area contributed by atoms with Crippen LogP contribution in [0.15, 0.2) is 70.3 Å². The van der Waals surface area contributed by atoms with E-state index in [-0.39, 0.29) is 35.5 Å². The number of hydrogen-bond donors (Lipinski definition) is 0. The number of halogens is 1. The SMILES string of the molecule is O=C1[C@@H]2[C@@H]3C=C[C@H]([C@H]4C[C@@H]34)[C@@H]2C(=O)N1/N=C\c1ccccc1OCc1ccc(Br)cc1. The summed E-state index contributed by atoms with van der Waals surface area (Å²) in [6.07, 6.45) is 7.07. The number of carbonyl (C=O) groups is 2. The van der Waals surface area contributed by atoms with Crippen LogP contribution in [0.3, 0.4) is 0 Å². The molecule has 1 heterocycles. The Kier molecular flexibility index (Phi) is 4.39. The molecule has 0 spiro atoms. The Balaban J connectivity index is 1.21. The lowest BCUT2D eigenvalue weighted by molar-refractivity contribution is -0.140. The molecule has 0 N–H and O–H groups in total. The third-order valence-corrected chi connectivity index (χ3v) is 7.71. The van der Waals surface area contributed by atoms with E-state index in [0.29, 0.717) is 24.2 Å². The largest absolute Gasteiger partial charge is 0.488 e. The van der Waals surface area contributed by atoms with Crippen LogP contribution in [0.4, 0.5) is 0 Å². The first-order valence-corrected chi connectivity index (χ1v) is 11.5. The summed E-state index contributed by atoms with van der Waals surface area (Å²) in [4.78, 5) is 26.1. The van der Waals surface area contributed by atoms with Crippen LogP contribution >= 0.6 is 15.9 Å². The normalized spacial score (nSPS) is 32.5. The van der Waals surface area contributed by atoms with E-state index in [2.05, 4.69) is 33.2 Å². The summed E-state index contributed by atoms with van der Waals surface area (Å²) in [5.74, 6) is 1.49. The molecule has 31 heavy (non-hydrogen) atoms. The zero-order chi connectivity index (χ0) is 21.1. The average molecular weight is 477 g/mol. The fourth-order valence-electron chi connectivity index (χ4n) is 5.64. The zero-order valence-electron chi connectivity index (χ0n) is 16.7. The molecule has 7 rings (SSSR count). The van der Waals surface area contributed by atoms with Crippen LogP contribution in [-0.2, 0) is 16.2 Å². The van der Waals surface area contributed by atoms with E-state index in [1.165, 1.54) is 0 Å². The summed E-state index contributed by atoms with van der Waals surface area (Å²) >= 11 is 3.43. The second kappa shape index (κ2) is 7.16. The van der Waals surface area contributed by atoms with E-state index in [4.69, 9.17) is 4.74 Å². The van der Waals surface area contributed by atoms with Gasteiger partial charge in [-0.15, -0.1) is 0 Å². The number of allylic oxidation sites excluding steroid dienone is 2. The zero-order valence-corrected chi connectivity index (χ0v) is 18.3. The fourth-order valence-corrected chi connectivity index (χ4v) is 5.90. The van der Waals surface area contributed by atoms with Crippen molar-refractivity contribution < 1.29 is 14.3 Å². The van der Waals surface area contributed by atoms with Crippen LogP contribution in [-0.4, -0.2) is 23.0 Å². The first-order chi connectivity index (χ1) is 15.1. The molecule has 6 atom stereocenters. The number of hydrogen-bond acceptors (Lipinski definition) is 4. The molecule has 1 saturated heterocycles. The van der Waals surface area contributed by atoms with E-state index in [1.807, 2.05) is 48.5 Å². The van der Waals surface area contributed by atoms with Gasteiger partial charge in [-0.2, -0.15) is 10.1 Å². The Morgan fingerprint density at radius 2 is 1.61 bits per heavy atom. The lowest BCUT2D eigenvalue weighted by Crippen LogP contribution is -2.40. The van der Waals surface area contributed by atoms with Crippen LogP contribution in [0.5, 0.6) is 5.75 Å². The fraction of sp³-hybridized carbons (Fsp3) is 0.320. The third-order valence-electron chi connectivity index (χ3n) is 7.18. The maximum atomic E-state index is 13.1. The van der Waals surface area contributed by atoms with Crippen molar-refractivity contribution >= 4 is 34.0 Å². The summed E-state index contributed by atoms with van der Waals surface area (Å²) < 4.78 is 7.00. The van der Waals surface area contributed by atoms with Crippen molar-refractivity contribution in [2.45, 2.75) is 13.0 Å². The molecule has 156 valence electrons. The van der Waals surface area contributed by atoms with E-state index >= 15 is 0 Å². The molecule has 1 aliphatic heterocycles. The molecule has 2 aromatic rings. The highest BCUT2D eigenvalue weighted by molar-refractivity contribution is 9.10. The van der Waals surface area contributed by atoms with Gasteiger partial charge in [-0.1, -0.05) is 52.3 Å². The van der Waals surface area contributed by atoms with Crippen LogP contribution in [0, 0.1) is 35.5 Å². The molecule has 2 aromatic carbocycles. The van der Waals surface area contributed by atoms with Gasteiger partial charge in [-0.25, -0.2) is 0 Å². The third kappa shape index (κ3) is 3.07. The molecular weight excluding hydrogens is 456 g/mol. The minimum absolute atomic E-state index is 0.149. The van der Waals surface area contributed by atoms with E-state index in [0.717, 1.165) is 27.0 Å². The van der Waals surface area contributed by atoms with E-state index in [9.17, 15) is 9.59 Å². The number of nitrogens with zero attached hydrogens (tertiary/aromatic N) is 2. The number of para-hydroxylation sites is 1. The van der Waals surface area contributed by atoms with Crippen LogP contribution < -0.4 is 4.74 Å². The molecule has 0 unspecified atom stereocenters. The van der Waals surface area contributed by atoms with Gasteiger partial charge in [0.25, 0.3) is 11.8 Å². The van der Waals surface area contributed by atoms with Crippen molar-refractivity contribution in [3.05, 3.63) is 76.3 Å². The first kappa shape index (κ1) is 19.0. The first-order valence-electron chi connectivity index (χ1n) is 10.7. The monoisotopic (exact) mass is 476 g/mol. The quantitative estimate of drug-likeness (QED) is 0.364. The maximum absolute atomic E-state index is 13.1. The molecule has 2 amide bonds. The summed E-state index contributed by atoms with van der Waals surface area (Å²) in [5, 5.41) is 5.45. The van der Waals surface area contributed by atoms with Crippen LogP contribution in [0.25, 0.3) is 0 Å². The predicted molar refractivity (Wildman–Crippen MR) is 119 cm³/mol. The van der Waals surface area contributed by atoms with Crippen molar-refractivity contribution in [3.63, 3.8) is 0 Å². The molecule has 0 radical (unpaired) electrons. The molecule has 5 nitrogen and oxygen atoms in total. The van der Waals surface area contributed by atoms with Gasteiger partial charge in [0, 0.05) is 10.0 Å².